The number of carbonyl (C=O) groups is 1. The summed E-state index contributed by atoms with van der Waals surface area (Å²) in [6.45, 7) is 0.659. The first-order chi connectivity index (χ1) is 11.8. The van der Waals surface area contributed by atoms with E-state index in [-0.39, 0.29) is 11.8 Å². The van der Waals surface area contributed by atoms with Gasteiger partial charge in [0.1, 0.15) is 5.65 Å². The van der Waals surface area contributed by atoms with E-state index in [1.807, 2.05) is 61.8 Å². The highest BCUT2D eigenvalue weighted by atomic mass is 16.2. The highest BCUT2D eigenvalue weighted by Crippen LogP contribution is 2.33. The van der Waals surface area contributed by atoms with E-state index in [0.29, 0.717) is 13.0 Å². The topological polar surface area (TPSA) is 37.6 Å². The van der Waals surface area contributed by atoms with E-state index in [2.05, 4.69) is 16.6 Å². The number of carbonyl (C=O) groups excluding carboxylic acids is 1. The Balaban J connectivity index is 1.96. The standard InChI is InChI=1S/C20H19N3O/c1-22-13-7-5-11-16(20(22)24)19-18(15-9-3-2-4-10-15)21-17-12-6-8-14-23(17)19/h2-10,12,14,16H,11,13H2,1H3. The number of likely N-dealkylation sites (N-methyl/N-ethyl adjacent to an activating group) is 1. The Bertz CT molecular complexity index is 911. The highest BCUT2D eigenvalue weighted by Gasteiger charge is 2.30. The quantitative estimate of drug-likeness (QED) is 0.678. The van der Waals surface area contributed by atoms with Crippen LogP contribution in [0.2, 0.25) is 0 Å². The number of pyridine rings is 1. The lowest BCUT2D eigenvalue weighted by Crippen LogP contribution is -2.31. The molecule has 4 heteroatoms. The third-order valence-electron chi connectivity index (χ3n) is 4.54. The average molecular weight is 317 g/mol. The molecule has 120 valence electrons. The van der Waals surface area contributed by atoms with Gasteiger partial charge in [0.15, 0.2) is 0 Å². The van der Waals surface area contributed by atoms with E-state index in [1.54, 1.807) is 4.90 Å². The van der Waals surface area contributed by atoms with Crippen LogP contribution in [0.15, 0.2) is 66.9 Å². The molecule has 1 atom stereocenters. The van der Waals surface area contributed by atoms with E-state index < -0.39 is 0 Å². The lowest BCUT2D eigenvalue weighted by Gasteiger charge is -2.20. The largest absolute Gasteiger partial charge is 0.341 e. The first-order valence-electron chi connectivity index (χ1n) is 8.18. The van der Waals surface area contributed by atoms with Crippen LogP contribution in [0.1, 0.15) is 18.0 Å². The summed E-state index contributed by atoms with van der Waals surface area (Å²) in [6, 6.07) is 16.0. The third-order valence-corrected chi connectivity index (χ3v) is 4.54. The number of nitrogens with zero attached hydrogens (tertiary/aromatic N) is 3. The van der Waals surface area contributed by atoms with Crippen molar-refractivity contribution in [1.82, 2.24) is 14.3 Å². The molecular formula is C20H19N3O. The van der Waals surface area contributed by atoms with Gasteiger partial charge in [0.2, 0.25) is 5.91 Å². The molecule has 0 saturated heterocycles. The summed E-state index contributed by atoms with van der Waals surface area (Å²) in [5, 5.41) is 0. The monoisotopic (exact) mass is 317 g/mol. The number of hydrogen-bond donors (Lipinski definition) is 0. The van der Waals surface area contributed by atoms with Crippen LogP contribution in [-0.4, -0.2) is 33.8 Å². The van der Waals surface area contributed by atoms with E-state index in [4.69, 9.17) is 4.98 Å². The molecule has 1 aromatic carbocycles. The molecule has 1 aliphatic rings. The van der Waals surface area contributed by atoms with Gasteiger partial charge in [0.05, 0.1) is 17.3 Å². The number of aromatic nitrogens is 2. The van der Waals surface area contributed by atoms with Gasteiger partial charge in [-0.15, -0.1) is 0 Å². The number of imidazole rings is 1. The zero-order chi connectivity index (χ0) is 16.5. The molecule has 0 aliphatic carbocycles. The second kappa shape index (κ2) is 5.96. The van der Waals surface area contributed by atoms with Gasteiger partial charge < -0.3 is 9.30 Å². The van der Waals surface area contributed by atoms with Crippen molar-refractivity contribution in [2.45, 2.75) is 12.3 Å². The smallest absolute Gasteiger partial charge is 0.232 e. The Morgan fingerprint density at radius 3 is 2.67 bits per heavy atom. The molecule has 24 heavy (non-hydrogen) atoms. The van der Waals surface area contributed by atoms with E-state index >= 15 is 0 Å². The minimum Gasteiger partial charge on any atom is -0.341 e. The summed E-state index contributed by atoms with van der Waals surface area (Å²) in [4.78, 5) is 19.5. The first-order valence-corrected chi connectivity index (χ1v) is 8.18. The Morgan fingerprint density at radius 1 is 1.04 bits per heavy atom. The molecule has 0 fully saturated rings. The van der Waals surface area contributed by atoms with Crippen LogP contribution in [0, 0.1) is 0 Å². The average Bonchev–Trinajstić information content (AvgIpc) is 2.93. The molecule has 0 saturated carbocycles. The molecule has 0 radical (unpaired) electrons. The molecule has 1 unspecified atom stereocenters. The molecule has 4 nitrogen and oxygen atoms in total. The van der Waals surface area contributed by atoms with Crippen molar-refractivity contribution in [3.8, 4) is 11.3 Å². The van der Waals surface area contributed by atoms with Gasteiger partial charge in [-0.05, 0) is 18.6 Å². The van der Waals surface area contributed by atoms with Crippen LogP contribution in [0.5, 0.6) is 0 Å². The van der Waals surface area contributed by atoms with Gasteiger partial charge >= 0.3 is 0 Å². The molecule has 0 N–H and O–H groups in total. The molecule has 1 aliphatic heterocycles. The number of hydrogen-bond acceptors (Lipinski definition) is 2. The van der Waals surface area contributed by atoms with Crippen molar-refractivity contribution in [1.29, 1.82) is 0 Å². The molecule has 2 aromatic heterocycles. The number of amides is 1. The fourth-order valence-corrected chi connectivity index (χ4v) is 3.31. The maximum Gasteiger partial charge on any atom is 0.232 e. The lowest BCUT2D eigenvalue weighted by atomic mass is 9.96. The van der Waals surface area contributed by atoms with Crippen molar-refractivity contribution in [2.75, 3.05) is 13.6 Å². The Kier molecular flexibility index (Phi) is 3.65. The molecule has 4 rings (SSSR count). The fourth-order valence-electron chi connectivity index (χ4n) is 3.31. The van der Waals surface area contributed by atoms with Crippen LogP contribution in [0.3, 0.4) is 0 Å². The van der Waals surface area contributed by atoms with E-state index in [9.17, 15) is 4.79 Å². The zero-order valence-corrected chi connectivity index (χ0v) is 13.6. The summed E-state index contributed by atoms with van der Waals surface area (Å²) in [5.74, 6) is -0.0795. The predicted octanol–water partition coefficient (Wildman–Crippen LogP) is 3.50. The van der Waals surface area contributed by atoms with Crippen LogP contribution >= 0.6 is 0 Å². The fraction of sp³-hybridized carbons (Fsp3) is 0.200. The van der Waals surface area contributed by atoms with Crippen molar-refractivity contribution in [3.05, 3.63) is 72.6 Å². The van der Waals surface area contributed by atoms with Crippen molar-refractivity contribution in [2.24, 2.45) is 0 Å². The maximum absolute atomic E-state index is 12.9. The molecule has 3 aromatic rings. The lowest BCUT2D eigenvalue weighted by molar-refractivity contribution is -0.130. The Labute approximate surface area is 141 Å². The minimum absolute atomic E-state index is 0.142. The highest BCUT2D eigenvalue weighted by molar-refractivity contribution is 5.86. The molecular weight excluding hydrogens is 298 g/mol. The SMILES string of the molecule is CN1CC=CCC(c2c(-c3ccccc3)nc3ccccn23)C1=O. The van der Waals surface area contributed by atoms with Crippen LogP contribution < -0.4 is 0 Å². The third kappa shape index (κ3) is 2.40. The summed E-state index contributed by atoms with van der Waals surface area (Å²) in [6.07, 6.45) is 6.85. The van der Waals surface area contributed by atoms with E-state index in [0.717, 1.165) is 22.6 Å². The zero-order valence-electron chi connectivity index (χ0n) is 13.6. The summed E-state index contributed by atoms with van der Waals surface area (Å²) < 4.78 is 2.05. The second-order valence-electron chi connectivity index (χ2n) is 6.12. The predicted molar refractivity (Wildman–Crippen MR) is 94.8 cm³/mol. The summed E-state index contributed by atoms with van der Waals surface area (Å²) >= 11 is 0. The normalized spacial score (nSPS) is 18.1. The second-order valence-corrected chi connectivity index (χ2v) is 6.12. The van der Waals surface area contributed by atoms with Crippen molar-refractivity contribution < 1.29 is 4.79 Å². The van der Waals surface area contributed by atoms with Crippen molar-refractivity contribution in [3.63, 3.8) is 0 Å². The van der Waals surface area contributed by atoms with Gasteiger partial charge in [-0.3, -0.25) is 4.79 Å². The van der Waals surface area contributed by atoms with E-state index in [1.165, 1.54) is 0 Å². The molecule has 3 heterocycles. The molecule has 1 amide bonds. The van der Waals surface area contributed by atoms with Gasteiger partial charge in [-0.2, -0.15) is 0 Å². The number of fused-ring (bicyclic) bond motifs is 1. The van der Waals surface area contributed by atoms with Gasteiger partial charge in [0.25, 0.3) is 0 Å². The number of benzene rings is 1. The molecule has 0 bridgehead atoms. The van der Waals surface area contributed by atoms with Crippen molar-refractivity contribution >= 4 is 11.6 Å². The van der Waals surface area contributed by atoms with Gasteiger partial charge in [-0.1, -0.05) is 48.6 Å². The Hall–Kier alpha value is -2.88. The van der Waals surface area contributed by atoms with Crippen LogP contribution in [0.25, 0.3) is 16.9 Å². The maximum atomic E-state index is 12.9. The molecule has 0 spiro atoms. The minimum atomic E-state index is -0.221. The number of rotatable bonds is 2. The van der Waals surface area contributed by atoms with Crippen LogP contribution in [0.4, 0.5) is 0 Å². The van der Waals surface area contributed by atoms with Crippen LogP contribution in [-0.2, 0) is 4.79 Å². The first kappa shape index (κ1) is 14.7. The summed E-state index contributed by atoms with van der Waals surface area (Å²) in [7, 11) is 1.86. The van der Waals surface area contributed by atoms with Gasteiger partial charge in [0, 0.05) is 25.4 Å². The van der Waals surface area contributed by atoms with Gasteiger partial charge in [-0.25, -0.2) is 4.98 Å². The Morgan fingerprint density at radius 2 is 1.83 bits per heavy atom. The summed E-state index contributed by atoms with van der Waals surface area (Å²) in [5.41, 5.74) is 3.78. The number of allylic oxidation sites excluding steroid dienone is 1.